The van der Waals surface area contributed by atoms with E-state index in [0.717, 1.165) is 0 Å². The van der Waals surface area contributed by atoms with Gasteiger partial charge < -0.3 is 36.1 Å². The molecule has 1 atom stereocenters. The summed E-state index contributed by atoms with van der Waals surface area (Å²) in [6.07, 6.45) is 0.219. The Kier molecular flexibility index (Phi) is 11.7. The van der Waals surface area contributed by atoms with Crippen molar-refractivity contribution in [3.63, 3.8) is 0 Å². The Morgan fingerprint density at radius 1 is 0.930 bits per heavy atom. The van der Waals surface area contributed by atoms with Crippen molar-refractivity contribution in [3.05, 3.63) is 58.7 Å². The van der Waals surface area contributed by atoms with Gasteiger partial charge in [0.25, 0.3) is 0 Å². The zero-order valence-corrected chi connectivity index (χ0v) is 25.5. The lowest BCUT2D eigenvalue weighted by Crippen LogP contribution is -2.46. The molecule has 0 spiro atoms. The average Bonchev–Trinajstić information content (AvgIpc) is 2.84. The molecule has 0 heterocycles. The molecule has 2 aromatic rings. The minimum absolute atomic E-state index is 0.00986. The Balaban J connectivity index is 2.19. The summed E-state index contributed by atoms with van der Waals surface area (Å²) in [7, 11) is 0. The van der Waals surface area contributed by atoms with Crippen molar-refractivity contribution in [1.82, 2.24) is 5.32 Å². The summed E-state index contributed by atoms with van der Waals surface area (Å²) in [6.45, 7) is 10.1. The lowest BCUT2D eigenvalue weighted by Gasteiger charge is -2.25. The fraction of sp³-hybridized carbons (Fsp3) is 0.452. The van der Waals surface area contributed by atoms with E-state index in [-0.39, 0.29) is 43.0 Å². The number of rotatable bonds is 12. The van der Waals surface area contributed by atoms with Crippen molar-refractivity contribution < 1.29 is 38.9 Å². The highest BCUT2D eigenvalue weighted by Gasteiger charge is 2.31. The van der Waals surface area contributed by atoms with Crippen LogP contribution in [-0.4, -0.2) is 57.2 Å². The molecule has 12 nitrogen and oxygen atoms in total. The number of phenolic OH excluding ortho intramolecular Hbond substituents is 1. The molecule has 7 N–H and O–H groups in total. The van der Waals surface area contributed by atoms with Crippen LogP contribution >= 0.6 is 0 Å². The van der Waals surface area contributed by atoms with Crippen LogP contribution in [0.3, 0.4) is 0 Å². The first-order chi connectivity index (χ1) is 19.8. The van der Waals surface area contributed by atoms with E-state index in [4.69, 9.17) is 20.6 Å². The fourth-order valence-corrected chi connectivity index (χ4v) is 4.28. The van der Waals surface area contributed by atoms with Gasteiger partial charge in [0.05, 0.1) is 12.0 Å². The summed E-state index contributed by atoms with van der Waals surface area (Å²) >= 11 is 0. The van der Waals surface area contributed by atoms with Gasteiger partial charge in [0.2, 0.25) is 5.91 Å². The molecule has 0 aliphatic heterocycles. The van der Waals surface area contributed by atoms with E-state index in [1.54, 1.807) is 59.7 Å². The number of aryl methyl sites for hydroxylation is 2. The van der Waals surface area contributed by atoms with Gasteiger partial charge in [0.1, 0.15) is 23.0 Å². The van der Waals surface area contributed by atoms with Crippen molar-refractivity contribution in [2.24, 2.45) is 5.73 Å². The van der Waals surface area contributed by atoms with Crippen LogP contribution in [-0.2, 0) is 43.1 Å². The Morgan fingerprint density at radius 3 is 2.16 bits per heavy atom. The van der Waals surface area contributed by atoms with E-state index in [2.05, 4.69) is 10.6 Å². The Labute approximate surface area is 251 Å². The second-order valence-electron chi connectivity index (χ2n) is 12.1. The number of phenols is 1. The molecular weight excluding hydrogens is 556 g/mol. The first kappa shape index (κ1) is 34.6. The molecule has 0 aliphatic carbocycles. The topological polar surface area (TPSA) is 201 Å². The first-order valence-electron chi connectivity index (χ1n) is 13.9. The Morgan fingerprint density at radius 2 is 1.58 bits per heavy atom. The second kappa shape index (κ2) is 14.5. The number of carboxylic acids is 1. The molecule has 0 aliphatic rings. The van der Waals surface area contributed by atoms with Crippen LogP contribution in [0, 0.1) is 5.41 Å². The number of hydrogen-bond acceptors (Lipinski definition) is 8. The largest absolute Gasteiger partial charge is 0.508 e. The maximum Gasteiger partial charge on any atom is 0.335 e. The van der Waals surface area contributed by atoms with E-state index >= 15 is 0 Å². The number of benzene rings is 2. The monoisotopic (exact) mass is 598 g/mol. The summed E-state index contributed by atoms with van der Waals surface area (Å²) in [4.78, 5) is 50.0. The number of guanidine groups is 1. The van der Waals surface area contributed by atoms with Crippen molar-refractivity contribution in [3.8, 4) is 5.75 Å². The number of carboxylic acid groups (broad SMARTS) is 1. The molecule has 1 amide bonds. The highest BCUT2D eigenvalue weighted by Crippen LogP contribution is 2.26. The number of amides is 1. The number of carbonyl (C=O) groups is 4. The molecule has 2 aromatic carbocycles. The van der Waals surface area contributed by atoms with E-state index in [0.29, 0.717) is 22.4 Å². The Hall–Kier alpha value is -4.61. The normalized spacial score (nSPS) is 12.1. The van der Waals surface area contributed by atoms with Gasteiger partial charge in [-0.05, 0) is 102 Å². The van der Waals surface area contributed by atoms with Crippen LogP contribution in [0.25, 0.3) is 0 Å². The molecule has 0 saturated heterocycles. The molecule has 2 rings (SSSR count). The number of aromatic hydroxyl groups is 1. The van der Waals surface area contributed by atoms with Gasteiger partial charge in [0.15, 0.2) is 5.96 Å². The summed E-state index contributed by atoms with van der Waals surface area (Å²) in [6, 6.07) is 8.14. The summed E-state index contributed by atoms with van der Waals surface area (Å²) < 4.78 is 10.7. The fourth-order valence-electron chi connectivity index (χ4n) is 4.28. The molecule has 234 valence electrons. The molecule has 43 heavy (non-hydrogen) atoms. The van der Waals surface area contributed by atoms with Crippen molar-refractivity contribution in [2.45, 2.75) is 90.9 Å². The number of hydrogen-bond donors (Lipinski definition) is 6. The zero-order chi connectivity index (χ0) is 32.5. The van der Waals surface area contributed by atoms with Crippen LogP contribution in [0.15, 0.2) is 36.4 Å². The van der Waals surface area contributed by atoms with E-state index < -0.39 is 47.5 Å². The van der Waals surface area contributed by atoms with Crippen molar-refractivity contribution in [2.75, 3.05) is 5.32 Å². The predicted octanol–water partition coefficient (Wildman–Crippen LogP) is 3.67. The molecule has 0 saturated carbocycles. The first-order valence-corrected chi connectivity index (χ1v) is 13.9. The molecule has 0 bridgehead atoms. The summed E-state index contributed by atoms with van der Waals surface area (Å²) in [5.74, 6) is -3.36. The molecule has 0 aromatic heterocycles. The number of esters is 2. The maximum absolute atomic E-state index is 13.0. The van der Waals surface area contributed by atoms with Gasteiger partial charge in [-0.3, -0.25) is 15.0 Å². The molecule has 12 heteroatoms. The van der Waals surface area contributed by atoms with Crippen LogP contribution in [0.1, 0.15) is 81.4 Å². The van der Waals surface area contributed by atoms with Crippen LogP contribution in [0.5, 0.6) is 5.75 Å². The van der Waals surface area contributed by atoms with Crippen LogP contribution < -0.4 is 16.4 Å². The van der Waals surface area contributed by atoms with Gasteiger partial charge in [-0.25, -0.2) is 9.59 Å². The van der Waals surface area contributed by atoms with Crippen molar-refractivity contribution in [1.29, 1.82) is 5.41 Å². The number of nitrogens with one attached hydrogen (secondary N) is 3. The molecule has 0 radical (unpaired) electrons. The highest BCUT2D eigenvalue weighted by atomic mass is 16.6. The van der Waals surface area contributed by atoms with Crippen LogP contribution in [0.4, 0.5) is 5.69 Å². The van der Waals surface area contributed by atoms with Crippen LogP contribution in [0.2, 0.25) is 0 Å². The number of aromatic carboxylic acids is 1. The highest BCUT2D eigenvalue weighted by molar-refractivity contribution is 5.93. The predicted molar refractivity (Wildman–Crippen MR) is 161 cm³/mol. The molecule has 1 unspecified atom stereocenters. The third-order valence-electron chi connectivity index (χ3n) is 5.95. The van der Waals surface area contributed by atoms with E-state index in [1.807, 2.05) is 0 Å². The Bertz CT molecular complexity index is 1360. The van der Waals surface area contributed by atoms with Gasteiger partial charge in [0, 0.05) is 12.1 Å². The molecule has 0 fully saturated rings. The number of carbonyl (C=O) groups excluding carboxylic acids is 3. The van der Waals surface area contributed by atoms with Gasteiger partial charge >= 0.3 is 17.9 Å². The van der Waals surface area contributed by atoms with E-state index in [1.165, 1.54) is 18.2 Å². The van der Waals surface area contributed by atoms with Gasteiger partial charge in [-0.15, -0.1) is 0 Å². The minimum Gasteiger partial charge on any atom is -0.508 e. The van der Waals surface area contributed by atoms with Gasteiger partial charge in [-0.2, -0.15) is 0 Å². The standard InChI is InChI=1S/C31H42N4O8/c1-30(2,3)42-26(38)17-23(28(41)43-31(4,5)6)35-25(37)15-11-18-8-7-9-24(36)21(18)13-10-19-16-20(34-29(32)33)12-14-22(19)27(39)40/h7-9,12,14,16,23,36H,10-11,13,15,17H2,1-6H3,(H,35,37)(H,39,40)(H4,32,33,34). The SMILES string of the molecule is CC(C)(C)OC(=O)CC(NC(=O)CCc1cccc(O)c1CCc1cc(NC(=N)N)ccc1C(=O)O)C(=O)OC(C)(C)C. The zero-order valence-electron chi connectivity index (χ0n) is 25.5. The lowest BCUT2D eigenvalue weighted by atomic mass is 9.94. The number of nitrogens with two attached hydrogens (primary N) is 1. The third kappa shape index (κ3) is 12.0. The second-order valence-corrected chi connectivity index (χ2v) is 12.1. The number of ether oxygens (including phenoxy) is 2. The number of anilines is 1. The third-order valence-corrected chi connectivity index (χ3v) is 5.95. The average molecular weight is 599 g/mol. The smallest absolute Gasteiger partial charge is 0.335 e. The summed E-state index contributed by atoms with van der Waals surface area (Å²) in [5, 5.41) is 32.9. The van der Waals surface area contributed by atoms with Crippen molar-refractivity contribution >= 4 is 35.5 Å². The van der Waals surface area contributed by atoms with E-state index in [9.17, 15) is 29.4 Å². The van der Waals surface area contributed by atoms with Gasteiger partial charge in [-0.1, -0.05) is 12.1 Å². The molecular formula is C31H42N4O8. The lowest BCUT2D eigenvalue weighted by molar-refractivity contribution is -0.165. The maximum atomic E-state index is 13.0. The minimum atomic E-state index is -1.25. The quantitative estimate of drug-likeness (QED) is 0.119. The summed E-state index contributed by atoms with van der Waals surface area (Å²) in [5.41, 5.74) is 5.97.